The van der Waals surface area contributed by atoms with Crippen LogP contribution in [0.3, 0.4) is 0 Å². The van der Waals surface area contributed by atoms with Crippen molar-refractivity contribution in [2.45, 2.75) is 36.7 Å². The Balaban J connectivity index is 1.48. The van der Waals surface area contributed by atoms with E-state index in [2.05, 4.69) is 5.16 Å². The third kappa shape index (κ3) is 4.15. The van der Waals surface area contributed by atoms with Crippen LogP contribution in [-0.4, -0.2) is 31.4 Å². The summed E-state index contributed by atoms with van der Waals surface area (Å²) >= 11 is 0. The highest BCUT2D eigenvalue weighted by Crippen LogP contribution is 2.33. The van der Waals surface area contributed by atoms with Crippen LogP contribution in [0.1, 0.15) is 28.5 Å². The smallest absolute Gasteiger partial charge is 0.341 e. The van der Waals surface area contributed by atoms with Crippen LogP contribution in [0.2, 0.25) is 0 Å². The van der Waals surface area contributed by atoms with E-state index in [-0.39, 0.29) is 18.4 Å². The van der Waals surface area contributed by atoms with Crippen molar-refractivity contribution in [2.75, 3.05) is 0 Å². The Morgan fingerprint density at radius 3 is 2.77 bits per heavy atom. The number of carbonyl (C=O) groups is 1. The molecule has 0 saturated heterocycles. The van der Waals surface area contributed by atoms with Gasteiger partial charge >= 0.3 is 11.7 Å². The fourth-order valence-electron chi connectivity index (χ4n) is 3.27. The summed E-state index contributed by atoms with van der Waals surface area (Å²) in [6.45, 7) is 1.65. The van der Waals surface area contributed by atoms with Gasteiger partial charge in [0.15, 0.2) is 5.76 Å². The standard InChI is InChI=1S/C21H17F2NO6S/c1-12-8-13-6-7-14(9-17(13)29-12)18-10-15(24-30-18)11-28-20(25)16-4-2-3-5-19(16)31(26,27)21(22)23/h2-7,9-10,12,21H,8,11H2,1H3. The van der Waals surface area contributed by atoms with Crippen molar-refractivity contribution in [1.82, 2.24) is 5.16 Å². The average Bonchev–Trinajstić information content (AvgIpc) is 3.36. The largest absolute Gasteiger partial charge is 0.490 e. The number of hydrogen-bond acceptors (Lipinski definition) is 7. The Morgan fingerprint density at radius 1 is 1.23 bits per heavy atom. The number of nitrogens with zero attached hydrogens (tertiary/aromatic N) is 1. The normalized spacial score (nSPS) is 15.5. The van der Waals surface area contributed by atoms with Crippen LogP contribution in [0.4, 0.5) is 8.78 Å². The van der Waals surface area contributed by atoms with Crippen molar-refractivity contribution in [3.05, 3.63) is 65.4 Å². The minimum Gasteiger partial charge on any atom is -0.490 e. The van der Waals surface area contributed by atoms with Gasteiger partial charge in [0.1, 0.15) is 24.2 Å². The van der Waals surface area contributed by atoms with E-state index in [1.54, 1.807) is 6.07 Å². The molecule has 31 heavy (non-hydrogen) atoms. The number of fused-ring (bicyclic) bond motifs is 1. The minimum absolute atomic E-state index is 0.103. The van der Waals surface area contributed by atoms with Crippen molar-refractivity contribution >= 4 is 15.8 Å². The molecule has 0 fully saturated rings. The molecule has 10 heteroatoms. The molecule has 0 bridgehead atoms. The van der Waals surface area contributed by atoms with Crippen molar-refractivity contribution in [2.24, 2.45) is 0 Å². The van der Waals surface area contributed by atoms with E-state index in [1.807, 2.05) is 25.1 Å². The van der Waals surface area contributed by atoms with Gasteiger partial charge in [0.2, 0.25) is 9.84 Å². The third-order valence-corrected chi connectivity index (χ3v) is 6.18. The lowest BCUT2D eigenvalue weighted by Gasteiger charge is -2.09. The molecular formula is C21H17F2NO6S. The van der Waals surface area contributed by atoms with Gasteiger partial charge in [-0.2, -0.15) is 8.78 Å². The summed E-state index contributed by atoms with van der Waals surface area (Å²) < 4.78 is 65.5. The monoisotopic (exact) mass is 449 g/mol. The number of rotatable bonds is 6. The predicted octanol–water partition coefficient (Wildman–Crippen LogP) is 4.02. The number of sulfone groups is 1. The first kappa shape index (κ1) is 21.0. The van der Waals surface area contributed by atoms with E-state index < -0.39 is 32.0 Å². The van der Waals surface area contributed by atoms with Crippen molar-refractivity contribution in [3.63, 3.8) is 0 Å². The lowest BCUT2D eigenvalue weighted by atomic mass is 10.1. The summed E-state index contributed by atoms with van der Waals surface area (Å²) in [5.41, 5.74) is 1.62. The number of hydrogen-bond donors (Lipinski definition) is 0. The fraction of sp³-hybridized carbons (Fsp3) is 0.238. The maximum atomic E-state index is 12.9. The van der Waals surface area contributed by atoms with Crippen LogP contribution < -0.4 is 4.74 Å². The lowest BCUT2D eigenvalue weighted by Crippen LogP contribution is -2.17. The zero-order valence-corrected chi connectivity index (χ0v) is 17.1. The molecule has 0 N–H and O–H groups in total. The van der Waals surface area contributed by atoms with E-state index in [0.717, 1.165) is 35.4 Å². The Kier molecular flexibility index (Phi) is 5.48. The topological polar surface area (TPSA) is 95.7 Å². The van der Waals surface area contributed by atoms with E-state index >= 15 is 0 Å². The molecule has 1 aromatic heterocycles. The molecule has 4 rings (SSSR count). The Morgan fingerprint density at radius 2 is 2.00 bits per heavy atom. The highest BCUT2D eigenvalue weighted by Gasteiger charge is 2.31. The summed E-state index contributed by atoms with van der Waals surface area (Å²) in [4.78, 5) is 11.5. The van der Waals surface area contributed by atoms with Gasteiger partial charge in [-0.3, -0.25) is 0 Å². The third-order valence-electron chi connectivity index (χ3n) is 4.75. The van der Waals surface area contributed by atoms with Gasteiger partial charge in [-0.25, -0.2) is 13.2 Å². The Hall–Kier alpha value is -3.27. The molecule has 2 aromatic carbocycles. The van der Waals surface area contributed by atoms with Gasteiger partial charge in [0.05, 0.1) is 10.5 Å². The first-order valence-electron chi connectivity index (χ1n) is 9.29. The summed E-state index contributed by atoms with van der Waals surface area (Å²) in [5, 5.41) is 3.83. The molecule has 0 amide bonds. The van der Waals surface area contributed by atoms with Crippen LogP contribution in [0.25, 0.3) is 11.3 Å². The Labute approximate surface area is 176 Å². The van der Waals surface area contributed by atoms with E-state index in [9.17, 15) is 22.0 Å². The number of carbonyl (C=O) groups excluding carboxylic acids is 1. The maximum Gasteiger partial charge on any atom is 0.341 e. The summed E-state index contributed by atoms with van der Waals surface area (Å²) in [6.07, 6.45) is 0.933. The van der Waals surface area contributed by atoms with E-state index in [1.165, 1.54) is 12.1 Å². The van der Waals surface area contributed by atoms with Gasteiger partial charge < -0.3 is 14.0 Å². The molecule has 1 aliphatic rings. The van der Waals surface area contributed by atoms with Crippen LogP contribution in [0.15, 0.2) is 57.9 Å². The van der Waals surface area contributed by atoms with Crippen LogP contribution in [0, 0.1) is 0 Å². The summed E-state index contributed by atoms with van der Waals surface area (Å²) in [7, 11) is -4.96. The van der Waals surface area contributed by atoms with Gasteiger partial charge in [0, 0.05) is 18.1 Å². The molecule has 0 spiro atoms. The number of alkyl halides is 2. The second-order valence-corrected chi connectivity index (χ2v) is 8.90. The second kappa shape index (κ2) is 8.10. The van der Waals surface area contributed by atoms with Crippen LogP contribution in [0.5, 0.6) is 5.75 Å². The minimum atomic E-state index is -4.96. The molecule has 0 aliphatic carbocycles. The second-order valence-electron chi connectivity index (χ2n) is 7.02. The van der Waals surface area contributed by atoms with Crippen molar-refractivity contribution < 1.29 is 36.0 Å². The van der Waals surface area contributed by atoms with Gasteiger partial charge in [0.25, 0.3) is 0 Å². The molecular weight excluding hydrogens is 432 g/mol. The Bertz CT molecular complexity index is 1240. The zero-order chi connectivity index (χ0) is 22.2. The number of ether oxygens (including phenoxy) is 2. The van der Waals surface area contributed by atoms with Gasteiger partial charge in [-0.1, -0.05) is 29.4 Å². The van der Waals surface area contributed by atoms with Gasteiger partial charge in [-0.05, 0) is 30.7 Å². The molecule has 1 unspecified atom stereocenters. The molecule has 0 saturated carbocycles. The summed E-state index contributed by atoms with van der Waals surface area (Å²) in [6, 6.07) is 11.8. The number of aromatic nitrogens is 1. The highest BCUT2D eigenvalue weighted by molar-refractivity contribution is 7.91. The predicted molar refractivity (Wildman–Crippen MR) is 104 cm³/mol. The van der Waals surface area contributed by atoms with Gasteiger partial charge in [-0.15, -0.1) is 0 Å². The van der Waals surface area contributed by atoms with Crippen LogP contribution in [-0.2, 0) is 27.6 Å². The van der Waals surface area contributed by atoms with E-state index in [0.29, 0.717) is 5.76 Å². The molecule has 162 valence electrons. The quantitative estimate of drug-likeness (QED) is 0.525. The first-order chi connectivity index (χ1) is 14.8. The molecule has 0 radical (unpaired) electrons. The molecule has 2 heterocycles. The SMILES string of the molecule is CC1Cc2ccc(-c3cc(COC(=O)c4ccccc4S(=O)(=O)C(F)F)no3)cc2O1. The first-order valence-corrected chi connectivity index (χ1v) is 10.8. The molecule has 7 nitrogen and oxygen atoms in total. The van der Waals surface area contributed by atoms with E-state index in [4.69, 9.17) is 14.0 Å². The fourth-order valence-corrected chi connectivity index (χ4v) is 4.18. The zero-order valence-electron chi connectivity index (χ0n) is 16.2. The summed E-state index contributed by atoms with van der Waals surface area (Å²) in [5.74, 6) is -3.52. The maximum absolute atomic E-state index is 12.9. The molecule has 1 atom stereocenters. The van der Waals surface area contributed by atoms with Crippen LogP contribution >= 0.6 is 0 Å². The molecule has 1 aliphatic heterocycles. The van der Waals surface area contributed by atoms with Crippen molar-refractivity contribution in [1.29, 1.82) is 0 Å². The number of halogens is 2. The van der Waals surface area contributed by atoms with Crippen molar-refractivity contribution in [3.8, 4) is 17.1 Å². The average molecular weight is 449 g/mol. The number of esters is 1. The highest BCUT2D eigenvalue weighted by atomic mass is 32.2. The number of benzene rings is 2. The lowest BCUT2D eigenvalue weighted by molar-refractivity contribution is 0.0459. The molecule has 3 aromatic rings.